The number of hydrogen-bond donors (Lipinski definition) is 1. The standard InChI is InChI=1S/C15H28N2O/c1-2-17-9-5-8-14(12-17)11-16-15(18)10-13-6-3-4-7-13/h13-14H,2-12H2,1H3,(H,16,18)/t14-/m0/s1. The first-order valence-corrected chi connectivity index (χ1v) is 7.77. The molecule has 0 aromatic heterocycles. The van der Waals surface area contributed by atoms with Crippen LogP contribution in [-0.2, 0) is 4.79 Å². The van der Waals surface area contributed by atoms with Gasteiger partial charge in [-0.3, -0.25) is 4.79 Å². The van der Waals surface area contributed by atoms with Gasteiger partial charge >= 0.3 is 0 Å². The van der Waals surface area contributed by atoms with Crippen LogP contribution in [0.15, 0.2) is 0 Å². The Morgan fingerprint density at radius 3 is 2.61 bits per heavy atom. The Morgan fingerprint density at radius 1 is 1.17 bits per heavy atom. The maximum absolute atomic E-state index is 11.9. The van der Waals surface area contributed by atoms with Crippen LogP contribution in [-0.4, -0.2) is 37.0 Å². The van der Waals surface area contributed by atoms with Crippen molar-refractivity contribution in [2.45, 2.75) is 51.9 Å². The van der Waals surface area contributed by atoms with Crippen molar-refractivity contribution in [2.75, 3.05) is 26.2 Å². The zero-order valence-corrected chi connectivity index (χ0v) is 11.8. The number of likely N-dealkylation sites (tertiary alicyclic amines) is 1. The molecule has 1 amide bonds. The van der Waals surface area contributed by atoms with E-state index in [0.29, 0.717) is 11.8 Å². The summed E-state index contributed by atoms with van der Waals surface area (Å²) >= 11 is 0. The van der Waals surface area contributed by atoms with E-state index < -0.39 is 0 Å². The van der Waals surface area contributed by atoms with Gasteiger partial charge in [0.2, 0.25) is 5.91 Å². The maximum atomic E-state index is 11.9. The molecule has 3 heteroatoms. The minimum Gasteiger partial charge on any atom is -0.356 e. The molecule has 0 bridgehead atoms. The maximum Gasteiger partial charge on any atom is 0.220 e. The molecule has 1 aliphatic heterocycles. The van der Waals surface area contributed by atoms with Crippen molar-refractivity contribution in [3.8, 4) is 0 Å². The molecular formula is C15H28N2O. The van der Waals surface area contributed by atoms with Crippen LogP contribution >= 0.6 is 0 Å². The molecule has 104 valence electrons. The van der Waals surface area contributed by atoms with E-state index in [1.165, 1.54) is 51.6 Å². The van der Waals surface area contributed by atoms with E-state index in [1.807, 2.05) is 0 Å². The van der Waals surface area contributed by atoms with Gasteiger partial charge in [-0.2, -0.15) is 0 Å². The Morgan fingerprint density at radius 2 is 1.89 bits per heavy atom. The van der Waals surface area contributed by atoms with E-state index in [2.05, 4.69) is 17.1 Å². The molecule has 0 aromatic carbocycles. The second-order valence-electron chi connectivity index (χ2n) is 6.06. The van der Waals surface area contributed by atoms with Crippen LogP contribution in [0.25, 0.3) is 0 Å². The van der Waals surface area contributed by atoms with E-state index in [9.17, 15) is 4.79 Å². The van der Waals surface area contributed by atoms with E-state index in [4.69, 9.17) is 0 Å². The lowest BCUT2D eigenvalue weighted by Crippen LogP contribution is -2.40. The number of carbonyl (C=O) groups is 1. The van der Waals surface area contributed by atoms with Gasteiger partial charge in [0.1, 0.15) is 0 Å². The van der Waals surface area contributed by atoms with Crippen LogP contribution in [0.1, 0.15) is 51.9 Å². The minimum absolute atomic E-state index is 0.288. The summed E-state index contributed by atoms with van der Waals surface area (Å²) in [5, 5.41) is 3.16. The summed E-state index contributed by atoms with van der Waals surface area (Å²) < 4.78 is 0. The van der Waals surface area contributed by atoms with Gasteiger partial charge in [0.05, 0.1) is 0 Å². The molecule has 18 heavy (non-hydrogen) atoms. The number of nitrogens with one attached hydrogen (secondary N) is 1. The van der Waals surface area contributed by atoms with E-state index >= 15 is 0 Å². The summed E-state index contributed by atoms with van der Waals surface area (Å²) in [6.07, 6.45) is 8.51. The average molecular weight is 252 g/mol. The predicted octanol–water partition coefficient (Wildman–Crippen LogP) is 2.41. The van der Waals surface area contributed by atoms with E-state index in [-0.39, 0.29) is 5.91 Å². The van der Waals surface area contributed by atoms with Gasteiger partial charge in [0, 0.05) is 19.5 Å². The largest absolute Gasteiger partial charge is 0.356 e. The van der Waals surface area contributed by atoms with E-state index in [0.717, 1.165) is 19.5 Å². The molecule has 3 nitrogen and oxygen atoms in total. The smallest absolute Gasteiger partial charge is 0.220 e. The fraction of sp³-hybridized carbons (Fsp3) is 0.933. The minimum atomic E-state index is 0.288. The number of nitrogens with zero attached hydrogens (tertiary/aromatic N) is 1. The number of rotatable bonds is 5. The Kier molecular flexibility index (Phi) is 5.48. The quantitative estimate of drug-likeness (QED) is 0.815. The first-order chi connectivity index (χ1) is 8.78. The van der Waals surface area contributed by atoms with Crippen molar-refractivity contribution in [2.24, 2.45) is 11.8 Å². The lowest BCUT2D eigenvalue weighted by Gasteiger charge is -2.31. The molecular weight excluding hydrogens is 224 g/mol. The zero-order chi connectivity index (χ0) is 12.8. The van der Waals surface area contributed by atoms with Crippen molar-refractivity contribution in [1.29, 1.82) is 0 Å². The Labute approximate surface area is 111 Å². The Hall–Kier alpha value is -0.570. The number of piperidine rings is 1. The lowest BCUT2D eigenvalue weighted by molar-refractivity contribution is -0.122. The van der Waals surface area contributed by atoms with Crippen LogP contribution < -0.4 is 5.32 Å². The normalized spacial score (nSPS) is 26.4. The molecule has 1 saturated heterocycles. The number of hydrogen-bond acceptors (Lipinski definition) is 2. The molecule has 1 saturated carbocycles. The summed E-state index contributed by atoms with van der Waals surface area (Å²) in [7, 11) is 0. The van der Waals surface area contributed by atoms with Gasteiger partial charge in [0.25, 0.3) is 0 Å². The fourth-order valence-corrected chi connectivity index (χ4v) is 3.41. The van der Waals surface area contributed by atoms with Gasteiger partial charge in [-0.15, -0.1) is 0 Å². The molecule has 2 fully saturated rings. The van der Waals surface area contributed by atoms with E-state index in [1.54, 1.807) is 0 Å². The SMILES string of the molecule is CCN1CCC[C@@H](CNC(=O)CC2CCCC2)C1. The van der Waals surface area contributed by atoms with Gasteiger partial charge < -0.3 is 10.2 Å². The average Bonchev–Trinajstić information content (AvgIpc) is 2.89. The molecule has 0 unspecified atom stereocenters. The molecule has 1 aliphatic carbocycles. The molecule has 2 rings (SSSR count). The third-order valence-corrected chi connectivity index (χ3v) is 4.59. The third-order valence-electron chi connectivity index (χ3n) is 4.59. The second-order valence-corrected chi connectivity index (χ2v) is 6.06. The summed E-state index contributed by atoms with van der Waals surface area (Å²) in [5.41, 5.74) is 0. The highest BCUT2D eigenvalue weighted by molar-refractivity contribution is 5.76. The van der Waals surface area contributed by atoms with Gasteiger partial charge in [0.15, 0.2) is 0 Å². The predicted molar refractivity (Wildman–Crippen MR) is 74.4 cm³/mol. The highest BCUT2D eigenvalue weighted by Gasteiger charge is 2.21. The molecule has 1 heterocycles. The fourth-order valence-electron chi connectivity index (χ4n) is 3.41. The number of amides is 1. The molecule has 0 spiro atoms. The monoisotopic (exact) mass is 252 g/mol. The second kappa shape index (κ2) is 7.13. The van der Waals surface area contributed by atoms with Crippen LogP contribution in [0.5, 0.6) is 0 Å². The van der Waals surface area contributed by atoms with Crippen molar-refractivity contribution in [3.63, 3.8) is 0 Å². The van der Waals surface area contributed by atoms with Gasteiger partial charge in [-0.25, -0.2) is 0 Å². The zero-order valence-electron chi connectivity index (χ0n) is 11.8. The highest BCUT2D eigenvalue weighted by Crippen LogP contribution is 2.27. The lowest BCUT2D eigenvalue weighted by atomic mass is 9.97. The molecule has 1 N–H and O–H groups in total. The molecule has 1 atom stereocenters. The molecule has 0 aromatic rings. The topological polar surface area (TPSA) is 32.3 Å². The van der Waals surface area contributed by atoms with Crippen molar-refractivity contribution < 1.29 is 4.79 Å². The van der Waals surface area contributed by atoms with Crippen LogP contribution in [0, 0.1) is 11.8 Å². The summed E-state index contributed by atoms with van der Waals surface area (Å²) in [5.74, 6) is 1.63. The summed E-state index contributed by atoms with van der Waals surface area (Å²) in [4.78, 5) is 14.4. The van der Waals surface area contributed by atoms with Crippen LogP contribution in [0.4, 0.5) is 0 Å². The Bertz CT molecular complexity index is 261. The summed E-state index contributed by atoms with van der Waals surface area (Å²) in [6.45, 7) is 6.67. The Balaban J connectivity index is 1.62. The first-order valence-electron chi connectivity index (χ1n) is 7.77. The van der Waals surface area contributed by atoms with Crippen molar-refractivity contribution >= 4 is 5.91 Å². The van der Waals surface area contributed by atoms with Crippen LogP contribution in [0.3, 0.4) is 0 Å². The number of carbonyl (C=O) groups excluding carboxylic acids is 1. The summed E-state index contributed by atoms with van der Waals surface area (Å²) in [6, 6.07) is 0. The third kappa shape index (κ3) is 4.27. The van der Waals surface area contributed by atoms with Crippen molar-refractivity contribution in [1.82, 2.24) is 10.2 Å². The first kappa shape index (κ1) is 13.9. The van der Waals surface area contributed by atoms with Gasteiger partial charge in [-0.1, -0.05) is 19.8 Å². The van der Waals surface area contributed by atoms with Crippen LogP contribution in [0.2, 0.25) is 0 Å². The molecule has 0 radical (unpaired) electrons. The highest BCUT2D eigenvalue weighted by atomic mass is 16.1. The van der Waals surface area contributed by atoms with Gasteiger partial charge in [-0.05, 0) is 50.6 Å². The molecule has 2 aliphatic rings. The van der Waals surface area contributed by atoms with Crippen molar-refractivity contribution in [3.05, 3.63) is 0 Å².